The Morgan fingerprint density at radius 2 is 2.16 bits per heavy atom. The van der Waals surface area contributed by atoms with Crippen LogP contribution in [0.2, 0.25) is 0 Å². The summed E-state index contributed by atoms with van der Waals surface area (Å²) < 4.78 is 23.3. The molecular weight excluding hydrogens is 249 g/mol. The van der Waals surface area contributed by atoms with E-state index in [-0.39, 0.29) is 24.5 Å². The van der Waals surface area contributed by atoms with Crippen molar-refractivity contribution in [3.05, 3.63) is 30.1 Å². The van der Waals surface area contributed by atoms with Gasteiger partial charge in [0.2, 0.25) is 0 Å². The molecule has 2 atom stereocenters. The predicted octanol–water partition coefficient (Wildman–Crippen LogP) is 0.425. The van der Waals surface area contributed by atoms with Gasteiger partial charge < -0.3 is 14.4 Å². The van der Waals surface area contributed by atoms with Gasteiger partial charge in [-0.15, -0.1) is 0 Å². The summed E-state index contributed by atoms with van der Waals surface area (Å²) in [6.45, 7) is 1.84. The van der Waals surface area contributed by atoms with Gasteiger partial charge in [-0.25, -0.2) is 9.18 Å². The molecule has 5 heteroatoms. The minimum Gasteiger partial charge on any atom is -0.482 e. The Morgan fingerprint density at radius 3 is 2.84 bits per heavy atom. The van der Waals surface area contributed by atoms with E-state index >= 15 is 0 Å². The van der Waals surface area contributed by atoms with Crippen molar-refractivity contribution in [1.29, 1.82) is 0 Å². The fourth-order valence-corrected chi connectivity index (χ4v) is 2.22. The van der Waals surface area contributed by atoms with Crippen molar-refractivity contribution in [2.24, 2.45) is 0 Å². The van der Waals surface area contributed by atoms with Crippen LogP contribution in [0.5, 0.6) is 5.75 Å². The monoisotopic (exact) mass is 268 g/mol. The number of hydrogen-bond acceptors (Lipinski definition) is 3. The molecule has 1 N–H and O–H groups in total. The quantitative estimate of drug-likeness (QED) is 0.805. The number of esters is 1. The molecule has 2 rings (SSSR count). The van der Waals surface area contributed by atoms with Crippen molar-refractivity contribution >= 4 is 5.97 Å². The van der Waals surface area contributed by atoms with Crippen LogP contribution in [0.25, 0.3) is 0 Å². The van der Waals surface area contributed by atoms with Gasteiger partial charge in [0.15, 0.2) is 12.7 Å². The number of piperidine rings is 1. The first kappa shape index (κ1) is 13.8. The fraction of sp³-hybridized carbons (Fsp3) is 0.500. The zero-order valence-electron chi connectivity index (χ0n) is 11.0. The molecule has 0 radical (unpaired) electrons. The summed E-state index contributed by atoms with van der Waals surface area (Å²) in [5.41, 5.74) is 0. The third kappa shape index (κ3) is 4.52. The highest BCUT2D eigenvalue weighted by Gasteiger charge is 2.23. The van der Waals surface area contributed by atoms with E-state index < -0.39 is 0 Å². The SMILES string of the molecule is C[NH+]1CCC[C@@H](OC(=O)COc2ccc(F)cc2)C1. The molecule has 0 aliphatic carbocycles. The average molecular weight is 268 g/mol. The molecule has 1 fully saturated rings. The molecular formula is C14H19FNO3+. The number of hydrogen-bond donors (Lipinski definition) is 1. The first-order chi connectivity index (χ1) is 9.13. The Hall–Kier alpha value is -1.62. The number of halogens is 1. The highest BCUT2D eigenvalue weighted by molar-refractivity contribution is 5.71. The minimum absolute atomic E-state index is 0.0157. The highest BCUT2D eigenvalue weighted by Crippen LogP contribution is 2.11. The van der Waals surface area contributed by atoms with Crippen molar-refractivity contribution in [3.8, 4) is 5.75 Å². The smallest absolute Gasteiger partial charge is 0.344 e. The summed E-state index contributed by atoms with van der Waals surface area (Å²) in [4.78, 5) is 13.0. The molecule has 104 valence electrons. The van der Waals surface area contributed by atoms with Gasteiger partial charge in [-0.05, 0) is 30.7 Å². The zero-order chi connectivity index (χ0) is 13.7. The van der Waals surface area contributed by atoms with Gasteiger partial charge in [0.1, 0.15) is 18.1 Å². The van der Waals surface area contributed by atoms with Crippen LogP contribution in [0, 0.1) is 5.82 Å². The second-order valence-corrected chi connectivity index (χ2v) is 4.91. The lowest BCUT2D eigenvalue weighted by Crippen LogP contribution is -3.11. The van der Waals surface area contributed by atoms with Crippen LogP contribution < -0.4 is 9.64 Å². The lowest BCUT2D eigenvalue weighted by molar-refractivity contribution is -0.888. The van der Waals surface area contributed by atoms with Gasteiger partial charge in [-0.2, -0.15) is 0 Å². The molecule has 1 aromatic rings. The molecule has 1 aliphatic rings. The van der Waals surface area contributed by atoms with E-state index in [9.17, 15) is 9.18 Å². The second-order valence-electron chi connectivity index (χ2n) is 4.91. The number of likely N-dealkylation sites (tertiary alicyclic amines) is 1. The molecule has 19 heavy (non-hydrogen) atoms. The molecule has 1 aliphatic heterocycles. The summed E-state index contributed by atoms with van der Waals surface area (Å²) in [6, 6.07) is 5.56. The number of carbonyl (C=O) groups excluding carboxylic acids is 1. The van der Waals surface area contributed by atoms with Crippen molar-refractivity contribution < 1.29 is 23.6 Å². The lowest BCUT2D eigenvalue weighted by atomic mass is 10.1. The molecule has 1 aromatic carbocycles. The van der Waals surface area contributed by atoms with Gasteiger partial charge in [0, 0.05) is 6.42 Å². The van der Waals surface area contributed by atoms with Gasteiger partial charge in [-0.1, -0.05) is 0 Å². The number of ether oxygens (including phenoxy) is 2. The molecule has 0 aromatic heterocycles. The Kier molecular flexibility index (Phi) is 4.74. The molecule has 0 bridgehead atoms. The molecule has 0 spiro atoms. The van der Waals surface area contributed by atoms with Crippen LogP contribution in [0.15, 0.2) is 24.3 Å². The molecule has 1 saturated heterocycles. The molecule has 0 saturated carbocycles. The number of nitrogens with one attached hydrogen (secondary N) is 1. The van der Waals surface area contributed by atoms with Crippen LogP contribution >= 0.6 is 0 Å². The van der Waals surface area contributed by atoms with Crippen LogP contribution in [-0.2, 0) is 9.53 Å². The maximum Gasteiger partial charge on any atom is 0.344 e. The van der Waals surface area contributed by atoms with Crippen molar-refractivity contribution in [2.45, 2.75) is 18.9 Å². The topological polar surface area (TPSA) is 40.0 Å². The highest BCUT2D eigenvalue weighted by atomic mass is 19.1. The Balaban J connectivity index is 1.73. The number of quaternary nitrogens is 1. The Bertz CT molecular complexity index is 421. The minimum atomic E-state index is -0.371. The summed E-state index contributed by atoms with van der Waals surface area (Å²) in [5.74, 6) is -0.239. The Labute approximate surface area is 112 Å². The molecule has 4 nitrogen and oxygen atoms in total. The van der Waals surface area contributed by atoms with E-state index in [1.807, 2.05) is 0 Å². The summed E-state index contributed by atoms with van der Waals surface area (Å²) in [6.07, 6.45) is 1.97. The molecule has 0 amide bonds. The number of rotatable bonds is 4. The third-order valence-corrected chi connectivity index (χ3v) is 3.17. The van der Waals surface area contributed by atoms with Crippen LogP contribution in [0.1, 0.15) is 12.8 Å². The summed E-state index contributed by atoms with van der Waals surface area (Å²) in [7, 11) is 2.09. The lowest BCUT2D eigenvalue weighted by Gasteiger charge is -2.26. The van der Waals surface area contributed by atoms with E-state index in [0.29, 0.717) is 5.75 Å². The van der Waals surface area contributed by atoms with Gasteiger partial charge in [-0.3, -0.25) is 0 Å². The summed E-state index contributed by atoms with van der Waals surface area (Å²) in [5, 5.41) is 0. The van der Waals surface area contributed by atoms with Crippen LogP contribution in [0.3, 0.4) is 0 Å². The van der Waals surface area contributed by atoms with Gasteiger partial charge in [0.05, 0.1) is 13.6 Å². The average Bonchev–Trinajstić information content (AvgIpc) is 2.38. The first-order valence-electron chi connectivity index (χ1n) is 6.52. The van der Waals surface area contributed by atoms with Crippen molar-refractivity contribution in [3.63, 3.8) is 0 Å². The second kappa shape index (κ2) is 6.52. The number of carbonyl (C=O) groups is 1. The van der Waals surface area contributed by atoms with Crippen molar-refractivity contribution in [1.82, 2.24) is 0 Å². The summed E-state index contributed by atoms with van der Waals surface area (Å²) >= 11 is 0. The first-order valence-corrected chi connectivity index (χ1v) is 6.52. The number of likely N-dealkylation sites (N-methyl/N-ethyl adjacent to an activating group) is 1. The maximum absolute atomic E-state index is 12.7. The largest absolute Gasteiger partial charge is 0.482 e. The van der Waals surface area contributed by atoms with E-state index in [0.717, 1.165) is 25.9 Å². The van der Waals surface area contributed by atoms with E-state index in [4.69, 9.17) is 9.47 Å². The van der Waals surface area contributed by atoms with E-state index in [1.54, 1.807) is 0 Å². The molecule has 1 unspecified atom stereocenters. The van der Waals surface area contributed by atoms with Crippen LogP contribution in [-0.4, -0.2) is 38.8 Å². The third-order valence-electron chi connectivity index (χ3n) is 3.17. The van der Waals surface area contributed by atoms with E-state index in [2.05, 4.69) is 7.05 Å². The van der Waals surface area contributed by atoms with E-state index in [1.165, 1.54) is 29.2 Å². The van der Waals surface area contributed by atoms with Gasteiger partial charge in [0.25, 0.3) is 0 Å². The normalized spacial score (nSPS) is 22.8. The van der Waals surface area contributed by atoms with Crippen molar-refractivity contribution in [2.75, 3.05) is 26.7 Å². The standard InChI is InChI=1S/C14H18FNO3/c1-16-8-2-3-13(9-16)19-14(17)10-18-12-6-4-11(15)5-7-12/h4-7,13H,2-3,8-10H2,1H3/p+1/t13-/m1/s1. The zero-order valence-corrected chi connectivity index (χ0v) is 11.0. The fourth-order valence-electron chi connectivity index (χ4n) is 2.22. The van der Waals surface area contributed by atoms with Crippen LogP contribution in [0.4, 0.5) is 4.39 Å². The number of benzene rings is 1. The Morgan fingerprint density at radius 1 is 1.42 bits per heavy atom. The van der Waals surface area contributed by atoms with Gasteiger partial charge >= 0.3 is 5.97 Å². The molecule has 1 heterocycles. The maximum atomic E-state index is 12.7. The predicted molar refractivity (Wildman–Crippen MR) is 67.6 cm³/mol.